The lowest BCUT2D eigenvalue weighted by molar-refractivity contribution is -0.131. The summed E-state index contributed by atoms with van der Waals surface area (Å²) < 4.78 is 0. The van der Waals surface area contributed by atoms with Gasteiger partial charge in [-0.15, -0.1) is 0 Å². The number of hydrogen-bond acceptors (Lipinski definition) is 2. The molecule has 96 valence electrons. The van der Waals surface area contributed by atoms with Crippen LogP contribution in [0.15, 0.2) is 35.9 Å². The Hall–Kier alpha value is -2.10. The molecule has 0 fully saturated rings. The molecule has 1 aromatic rings. The number of benzene rings is 1. The lowest BCUT2D eigenvalue weighted by Crippen LogP contribution is -2.15. The van der Waals surface area contributed by atoms with Gasteiger partial charge in [0.1, 0.15) is 0 Å². The molecule has 0 radical (unpaired) electrons. The SMILES string of the molecule is C/C(=C/C(=O)O)C(=O)Nc1ccccc1C(C)C. The first-order valence-electron chi connectivity index (χ1n) is 5.73. The molecular formula is C14H17NO3. The quantitative estimate of drug-likeness (QED) is 0.804. The molecule has 2 N–H and O–H groups in total. The summed E-state index contributed by atoms with van der Waals surface area (Å²) in [6, 6.07) is 7.49. The average molecular weight is 247 g/mol. The van der Waals surface area contributed by atoms with E-state index in [9.17, 15) is 9.59 Å². The number of carbonyl (C=O) groups is 2. The molecular weight excluding hydrogens is 230 g/mol. The van der Waals surface area contributed by atoms with Gasteiger partial charge in [0, 0.05) is 17.3 Å². The molecule has 4 heteroatoms. The first-order valence-corrected chi connectivity index (χ1v) is 5.73. The number of carbonyl (C=O) groups excluding carboxylic acids is 1. The Morgan fingerprint density at radius 3 is 2.44 bits per heavy atom. The molecule has 0 bridgehead atoms. The van der Waals surface area contributed by atoms with Gasteiger partial charge in [0.05, 0.1) is 0 Å². The van der Waals surface area contributed by atoms with Crippen molar-refractivity contribution in [2.45, 2.75) is 26.7 Å². The van der Waals surface area contributed by atoms with E-state index in [0.29, 0.717) is 0 Å². The molecule has 0 atom stereocenters. The van der Waals surface area contributed by atoms with Crippen molar-refractivity contribution < 1.29 is 14.7 Å². The molecule has 0 unspecified atom stereocenters. The fraction of sp³-hybridized carbons (Fsp3) is 0.286. The Morgan fingerprint density at radius 2 is 1.89 bits per heavy atom. The molecule has 0 aliphatic carbocycles. The second kappa shape index (κ2) is 6.00. The number of amides is 1. The third-order valence-electron chi connectivity index (χ3n) is 2.53. The first kappa shape index (κ1) is 14.0. The predicted octanol–water partition coefficient (Wildman–Crippen LogP) is 2.78. The number of para-hydroxylation sites is 1. The fourth-order valence-electron chi connectivity index (χ4n) is 1.59. The summed E-state index contributed by atoms with van der Waals surface area (Å²) in [5, 5.41) is 11.3. The second-order valence-corrected chi connectivity index (χ2v) is 4.36. The zero-order valence-corrected chi connectivity index (χ0v) is 10.7. The van der Waals surface area contributed by atoms with E-state index in [4.69, 9.17) is 5.11 Å². The number of carboxylic acids is 1. The average Bonchev–Trinajstić information content (AvgIpc) is 2.28. The molecule has 18 heavy (non-hydrogen) atoms. The van der Waals surface area contributed by atoms with Gasteiger partial charge in [0.15, 0.2) is 0 Å². The molecule has 0 spiro atoms. The van der Waals surface area contributed by atoms with Crippen LogP contribution in [-0.4, -0.2) is 17.0 Å². The molecule has 1 aromatic carbocycles. The molecule has 4 nitrogen and oxygen atoms in total. The lowest BCUT2D eigenvalue weighted by atomic mass is 10.0. The van der Waals surface area contributed by atoms with Crippen molar-refractivity contribution in [3.63, 3.8) is 0 Å². The number of aliphatic carboxylic acids is 1. The van der Waals surface area contributed by atoms with Crippen LogP contribution in [0.3, 0.4) is 0 Å². The first-order chi connectivity index (χ1) is 8.41. The van der Waals surface area contributed by atoms with Crippen LogP contribution < -0.4 is 5.32 Å². The lowest BCUT2D eigenvalue weighted by Gasteiger charge is -2.13. The van der Waals surface area contributed by atoms with Crippen LogP contribution in [-0.2, 0) is 9.59 Å². The van der Waals surface area contributed by atoms with Crippen molar-refractivity contribution in [2.75, 3.05) is 5.32 Å². The highest BCUT2D eigenvalue weighted by molar-refractivity contribution is 6.06. The maximum atomic E-state index is 11.8. The normalized spacial score (nSPS) is 11.4. The Balaban J connectivity index is 2.92. The van der Waals surface area contributed by atoms with E-state index in [1.165, 1.54) is 6.92 Å². The van der Waals surface area contributed by atoms with Gasteiger partial charge in [-0.25, -0.2) is 4.79 Å². The molecule has 1 amide bonds. The molecule has 0 saturated carbocycles. The van der Waals surface area contributed by atoms with Gasteiger partial charge in [0.2, 0.25) is 0 Å². The van der Waals surface area contributed by atoms with Gasteiger partial charge < -0.3 is 10.4 Å². The van der Waals surface area contributed by atoms with Crippen molar-refractivity contribution in [2.24, 2.45) is 0 Å². The fourth-order valence-corrected chi connectivity index (χ4v) is 1.59. The van der Waals surface area contributed by atoms with Gasteiger partial charge >= 0.3 is 5.97 Å². The topological polar surface area (TPSA) is 66.4 Å². The number of rotatable bonds is 4. The Labute approximate surface area is 106 Å². The highest BCUT2D eigenvalue weighted by Crippen LogP contribution is 2.23. The van der Waals surface area contributed by atoms with Gasteiger partial charge in [-0.05, 0) is 24.5 Å². The summed E-state index contributed by atoms with van der Waals surface area (Å²) in [4.78, 5) is 22.3. The van der Waals surface area contributed by atoms with Crippen molar-refractivity contribution in [1.82, 2.24) is 0 Å². The Morgan fingerprint density at radius 1 is 1.28 bits per heavy atom. The van der Waals surface area contributed by atoms with E-state index in [2.05, 4.69) is 5.32 Å². The van der Waals surface area contributed by atoms with Crippen molar-refractivity contribution in [3.8, 4) is 0 Å². The smallest absolute Gasteiger partial charge is 0.328 e. The van der Waals surface area contributed by atoms with E-state index in [1.54, 1.807) is 6.07 Å². The maximum absolute atomic E-state index is 11.8. The van der Waals surface area contributed by atoms with Crippen molar-refractivity contribution in [3.05, 3.63) is 41.5 Å². The predicted molar refractivity (Wildman–Crippen MR) is 70.6 cm³/mol. The Kier molecular flexibility index (Phi) is 4.66. The molecule has 0 aromatic heterocycles. The van der Waals surface area contributed by atoms with Crippen LogP contribution in [0.4, 0.5) is 5.69 Å². The standard InChI is InChI=1S/C14H17NO3/c1-9(2)11-6-4-5-7-12(11)15-14(18)10(3)8-13(16)17/h4-9H,1-3H3,(H,15,18)(H,16,17)/b10-8-. The second-order valence-electron chi connectivity index (χ2n) is 4.36. The largest absolute Gasteiger partial charge is 0.478 e. The molecule has 0 aliphatic heterocycles. The van der Waals surface area contributed by atoms with Crippen LogP contribution in [0, 0.1) is 0 Å². The minimum Gasteiger partial charge on any atom is -0.478 e. The zero-order chi connectivity index (χ0) is 13.7. The van der Waals surface area contributed by atoms with Crippen LogP contribution in [0.2, 0.25) is 0 Å². The molecule has 0 aliphatic rings. The van der Waals surface area contributed by atoms with Crippen molar-refractivity contribution >= 4 is 17.6 Å². The minimum absolute atomic E-state index is 0.168. The summed E-state index contributed by atoms with van der Waals surface area (Å²) in [6.45, 7) is 5.54. The molecule has 0 saturated heterocycles. The van der Waals surface area contributed by atoms with Crippen LogP contribution in [0.25, 0.3) is 0 Å². The monoisotopic (exact) mass is 247 g/mol. The van der Waals surface area contributed by atoms with E-state index < -0.39 is 11.9 Å². The van der Waals surface area contributed by atoms with E-state index in [0.717, 1.165) is 17.3 Å². The summed E-state index contributed by atoms with van der Waals surface area (Å²) >= 11 is 0. The highest BCUT2D eigenvalue weighted by Gasteiger charge is 2.10. The zero-order valence-electron chi connectivity index (χ0n) is 10.7. The summed E-state index contributed by atoms with van der Waals surface area (Å²) in [5.41, 5.74) is 1.91. The van der Waals surface area contributed by atoms with Crippen molar-refractivity contribution in [1.29, 1.82) is 0 Å². The molecule has 1 rings (SSSR count). The molecule has 0 heterocycles. The van der Waals surface area contributed by atoms with E-state index >= 15 is 0 Å². The van der Waals surface area contributed by atoms with Crippen LogP contribution in [0.1, 0.15) is 32.3 Å². The third-order valence-corrected chi connectivity index (χ3v) is 2.53. The van der Waals surface area contributed by atoms with Crippen LogP contribution in [0.5, 0.6) is 0 Å². The van der Waals surface area contributed by atoms with Gasteiger partial charge in [0.25, 0.3) is 5.91 Å². The number of hydrogen-bond donors (Lipinski definition) is 2. The van der Waals surface area contributed by atoms with E-state index in [1.807, 2.05) is 32.0 Å². The summed E-state index contributed by atoms with van der Waals surface area (Å²) in [5.74, 6) is -1.24. The number of anilines is 1. The van der Waals surface area contributed by atoms with Crippen LogP contribution >= 0.6 is 0 Å². The Bertz CT molecular complexity index is 490. The maximum Gasteiger partial charge on any atom is 0.328 e. The highest BCUT2D eigenvalue weighted by atomic mass is 16.4. The number of carboxylic acid groups (broad SMARTS) is 1. The minimum atomic E-state index is -1.13. The van der Waals surface area contributed by atoms with E-state index in [-0.39, 0.29) is 11.5 Å². The van der Waals surface area contributed by atoms with Gasteiger partial charge in [-0.2, -0.15) is 0 Å². The van der Waals surface area contributed by atoms with Gasteiger partial charge in [-0.3, -0.25) is 4.79 Å². The third kappa shape index (κ3) is 3.73. The number of nitrogens with one attached hydrogen (secondary N) is 1. The van der Waals surface area contributed by atoms with Gasteiger partial charge in [-0.1, -0.05) is 32.0 Å². The summed E-state index contributed by atoms with van der Waals surface area (Å²) in [6.07, 6.45) is 0.896. The summed E-state index contributed by atoms with van der Waals surface area (Å²) in [7, 11) is 0.